The fourth-order valence-corrected chi connectivity index (χ4v) is 5.70. The normalized spacial score (nSPS) is 21.7. The minimum Gasteiger partial charge on any atom is -0.465 e. The van der Waals surface area contributed by atoms with E-state index in [1.807, 2.05) is 37.3 Å². The predicted molar refractivity (Wildman–Crippen MR) is 125 cm³/mol. The van der Waals surface area contributed by atoms with Crippen molar-refractivity contribution in [3.63, 3.8) is 0 Å². The molecule has 0 radical (unpaired) electrons. The number of methoxy groups -OCH3 is 1. The molecule has 34 heavy (non-hydrogen) atoms. The van der Waals surface area contributed by atoms with E-state index in [9.17, 15) is 19.2 Å². The SMILES string of the molecule is CCCC1C2C(=O)N(c3sc(C(=O)OCC)c(C)c3C(=O)OC)C(=O)C2ON1c1ccccc1. The van der Waals surface area contributed by atoms with Crippen LogP contribution in [0.2, 0.25) is 0 Å². The molecule has 180 valence electrons. The molecule has 1 aromatic heterocycles. The molecule has 2 fully saturated rings. The summed E-state index contributed by atoms with van der Waals surface area (Å²) in [6, 6.07) is 8.97. The highest BCUT2D eigenvalue weighted by atomic mass is 32.1. The van der Waals surface area contributed by atoms with E-state index in [4.69, 9.17) is 14.3 Å². The van der Waals surface area contributed by atoms with Gasteiger partial charge in [-0.1, -0.05) is 31.5 Å². The highest BCUT2D eigenvalue weighted by Crippen LogP contribution is 2.45. The van der Waals surface area contributed by atoms with E-state index in [-0.39, 0.29) is 28.1 Å². The standard InChI is InChI=1S/C24H26N2O7S/c1-5-10-15-17-18(33-26(15)14-11-8-7-9-12-14)21(28)25(20(17)27)22-16(23(29)31-4)13(3)19(34-22)24(30)32-6-2/h7-9,11-12,15,17-18H,5-6,10H2,1-4H3. The lowest BCUT2D eigenvalue weighted by Crippen LogP contribution is -2.40. The van der Waals surface area contributed by atoms with Crippen molar-refractivity contribution >= 4 is 45.8 Å². The number of esters is 2. The zero-order chi connectivity index (χ0) is 24.6. The smallest absolute Gasteiger partial charge is 0.348 e. The van der Waals surface area contributed by atoms with Gasteiger partial charge in [-0.3, -0.25) is 14.4 Å². The van der Waals surface area contributed by atoms with Crippen LogP contribution in [0.15, 0.2) is 30.3 Å². The number of fused-ring (bicyclic) bond motifs is 1. The summed E-state index contributed by atoms with van der Waals surface area (Å²) in [5.41, 5.74) is 1.07. The second-order valence-electron chi connectivity index (χ2n) is 8.03. The van der Waals surface area contributed by atoms with Crippen LogP contribution in [0.3, 0.4) is 0 Å². The quantitative estimate of drug-likeness (QED) is 0.433. The zero-order valence-corrected chi connectivity index (χ0v) is 20.2. The molecule has 4 rings (SSSR count). The molecule has 9 nitrogen and oxygen atoms in total. The molecular formula is C24H26N2O7S. The number of hydrogen-bond donors (Lipinski definition) is 0. The molecule has 0 saturated carbocycles. The Labute approximate surface area is 201 Å². The van der Waals surface area contributed by atoms with Gasteiger partial charge in [-0.15, -0.1) is 11.3 Å². The van der Waals surface area contributed by atoms with Crippen LogP contribution >= 0.6 is 11.3 Å². The molecule has 3 atom stereocenters. The van der Waals surface area contributed by atoms with Crippen LogP contribution < -0.4 is 9.96 Å². The van der Waals surface area contributed by atoms with E-state index < -0.39 is 35.8 Å². The van der Waals surface area contributed by atoms with Crippen molar-refractivity contribution in [2.45, 2.75) is 45.8 Å². The van der Waals surface area contributed by atoms with E-state index in [1.54, 1.807) is 18.9 Å². The van der Waals surface area contributed by atoms with Crippen LogP contribution in [0.4, 0.5) is 10.7 Å². The Morgan fingerprint density at radius 3 is 2.41 bits per heavy atom. The largest absolute Gasteiger partial charge is 0.465 e. The summed E-state index contributed by atoms with van der Waals surface area (Å²) in [7, 11) is 1.20. The number of rotatable bonds is 7. The number of benzene rings is 1. The maximum absolute atomic E-state index is 13.7. The third kappa shape index (κ3) is 3.76. The van der Waals surface area contributed by atoms with E-state index in [2.05, 4.69) is 0 Å². The van der Waals surface area contributed by atoms with Crippen LogP contribution in [0, 0.1) is 12.8 Å². The number of ether oxygens (including phenoxy) is 2. The molecule has 2 aliphatic rings. The van der Waals surface area contributed by atoms with E-state index >= 15 is 0 Å². The third-order valence-corrected chi connectivity index (χ3v) is 7.27. The molecule has 2 aromatic rings. The number of hydroxylamine groups is 1. The topological polar surface area (TPSA) is 102 Å². The number of thiophene rings is 1. The molecule has 3 unspecified atom stereocenters. The summed E-state index contributed by atoms with van der Waals surface area (Å²) in [6.07, 6.45) is 0.383. The van der Waals surface area contributed by atoms with Gasteiger partial charge >= 0.3 is 11.9 Å². The molecule has 2 amide bonds. The van der Waals surface area contributed by atoms with Gasteiger partial charge in [0.1, 0.15) is 9.88 Å². The predicted octanol–water partition coefficient (Wildman–Crippen LogP) is 3.50. The number of amides is 2. The van der Waals surface area contributed by atoms with Crippen LogP contribution in [0.5, 0.6) is 0 Å². The van der Waals surface area contributed by atoms with Crippen molar-refractivity contribution in [1.82, 2.24) is 0 Å². The number of nitrogens with zero attached hydrogens (tertiary/aromatic N) is 2. The maximum atomic E-state index is 13.7. The summed E-state index contributed by atoms with van der Waals surface area (Å²) in [6.45, 7) is 5.38. The molecular weight excluding hydrogens is 460 g/mol. The summed E-state index contributed by atoms with van der Waals surface area (Å²) < 4.78 is 9.99. The first kappa shape index (κ1) is 23.9. The summed E-state index contributed by atoms with van der Waals surface area (Å²) in [4.78, 5) is 59.4. The van der Waals surface area contributed by atoms with Gasteiger partial charge in [0.05, 0.1) is 36.9 Å². The van der Waals surface area contributed by atoms with Gasteiger partial charge in [0.2, 0.25) is 5.91 Å². The van der Waals surface area contributed by atoms with E-state index in [1.165, 1.54) is 7.11 Å². The average Bonchev–Trinajstić information content (AvgIpc) is 3.45. The molecule has 0 bridgehead atoms. The molecule has 3 heterocycles. The first-order valence-electron chi connectivity index (χ1n) is 11.1. The zero-order valence-electron chi connectivity index (χ0n) is 19.4. The minimum atomic E-state index is -1.02. The van der Waals surface area contributed by atoms with Gasteiger partial charge in [-0.05, 0) is 38.0 Å². The molecule has 10 heteroatoms. The number of carbonyl (C=O) groups excluding carboxylic acids is 4. The third-order valence-electron chi connectivity index (χ3n) is 6.02. The Kier molecular flexibility index (Phi) is 6.72. The average molecular weight is 487 g/mol. The highest BCUT2D eigenvalue weighted by Gasteiger charge is 2.60. The Morgan fingerprint density at radius 2 is 1.79 bits per heavy atom. The van der Waals surface area contributed by atoms with Gasteiger partial charge < -0.3 is 9.47 Å². The van der Waals surface area contributed by atoms with Crippen LogP contribution in [0.25, 0.3) is 0 Å². The van der Waals surface area contributed by atoms with Gasteiger partial charge in [-0.25, -0.2) is 19.6 Å². The van der Waals surface area contributed by atoms with Gasteiger partial charge in [-0.2, -0.15) is 0 Å². The van der Waals surface area contributed by atoms with E-state index in [0.29, 0.717) is 12.0 Å². The molecule has 2 saturated heterocycles. The highest BCUT2D eigenvalue weighted by molar-refractivity contribution is 7.19. The van der Waals surface area contributed by atoms with E-state index in [0.717, 1.165) is 28.3 Å². The van der Waals surface area contributed by atoms with Crippen molar-refractivity contribution in [1.29, 1.82) is 0 Å². The lowest BCUT2D eigenvalue weighted by molar-refractivity contribution is -0.126. The Morgan fingerprint density at radius 1 is 1.09 bits per heavy atom. The molecule has 2 aliphatic heterocycles. The van der Waals surface area contributed by atoms with Crippen molar-refractivity contribution in [3.05, 3.63) is 46.3 Å². The van der Waals surface area contributed by atoms with Crippen molar-refractivity contribution in [2.75, 3.05) is 23.7 Å². The number of carbonyl (C=O) groups is 4. The van der Waals surface area contributed by atoms with Gasteiger partial charge in [0.15, 0.2) is 6.10 Å². The fraction of sp³-hybridized carbons (Fsp3) is 0.417. The second-order valence-corrected chi connectivity index (χ2v) is 9.03. The minimum absolute atomic E-state index is 0.00387. The summed E-state index contributed by atoms with van der Waals surface area (Å²) in [5.74, 6) is -3.15. The fourth-order valence-electron chi connectivity index (χ4n) is 4.50. The van der Waals surface area contributed by atoms with Crippen LogP contribution in [-0.4, -0.2) is 49.6 Å². The summed E-state index contributed by atoms with van der Waals surface area (Å²) in [5, 5.41) is 1.71. The first-order chi connectivity index (χ1) is 16.3. The second kappa shape index (κ2) is 9.55. The number of para-hydroxylation sites is 1. The Bertz CT molecular complexity index is 1130. The molecule has 0 N–H and O–H groups in total. The lowest BCUT2D eigenvalue weighted by atomic mass is 9.93. The van der Waals surface area contributed by atoms with Gasteiger partial charge in [0.25, 0.3) is 5.91 Å². The lowest BCUT2D eigenvalue weighted by Gasteiger charge is -2.28. The molecule has 1 aromatic carbocycles. The van der Waals surface area contributed by atoms with Crippen LogP contribution in [0.1, 0.15) is 52.3 Å². The summed E-state index contributed by atoms with van der Waals surface area (Å²) >= 11 is 0.873. The van der Waals surface area contributed by atoms with Crippen molar-refractivity contribution in [3.8, 4) is 0 Å². The first-order valence-corrected chi connectivity index (χ1v) is 11.9. The number of hydrogen-bond acceptors (Lipinski definition) is 9. The van der Waals surface area contributed by atoms with Gasteiger partial charge in [0, 0.05) is 0 Å². The van der Waals surface area contributed by atoms with Crippen LogP contribution in [-0.2, 0) is 23.9 Å². The Hall–Kier alpha value is -3.24. The number of imide groups is 1. The molecule has 0 spiro atoms. The van der Waals surface area contributed by atoms with Crippen molar-refractivity contribution in [2.24, 2.45) is 5.92 Å². The van der Waals surface area contributed by atoms with Crippen molar-refractivity contribution < 1.29 is 33.5 Å². The Balaban J connectivity index is 1.75. The monoisotopic (exact) mass is 486 g/mol. The number of anilines is 2. The molecule has 0 aliphatic carbocycles. The maximum Gasteiger partial charge on any atom is 0.348 e.